The second kappa shape index (κ2) is 6.55. The molecule has 1 aliphatic carbocycles. The van der Waals surface area contributed by atoms with E-state index < -0.39 is 5.54 Å². The molecule has 0 aromatic heterocycles. The van der Waals surface area contributed by atoms with Gasteiger partial charge in [-0.2, -0.15) is 5.26 Å². The molecule has 1 aliphatic heterocycles. The Morgan fingerprint density at radius 3 is 2.85 bits per heavy atom. The Morgan fingerprint density at radius 2 is 2.25 bits per heavy atom. The summed E-state index contributed by atoms with van der Waals surface area (Å²) in [7, 11) is 0. The Kier molecular flexibility index (Phi) is 5.00. The number of hydrogen-bond donors (Lipinski definition) is 2. The first-order valence-electron chi connectivity index (χ1n) is 7.63. The lowest BCUT2D eigenvalue weighted by Crippen LogP contribution is -2.51. The maximum absolute atomic E-state index is 12.1. The van der Waals surface area contributed by atoms with Crippen molar-refractivity contribution in [1.29, 1.82) is 5.26 Å². The standard InChI is InChI=1S/C15H25N3O2/c1-15(11-16,13-4-5-13)17-14(20)10-18-7-2-3-12(9-18)6-8-19/h12-13,19H,2-10H2,1H3,(H,17,20). The van der Waals surface area contributed by atoms with Gasteiger partial charge in [0.15, 0.2) is 0 Å². The Hall–Kier alpha value is -1.12. The van der Waals surface area contributed by atoms with Crippen LogP contribution in [0.2, 0.25) is 0 Å². The van der Waals surface area contributed by atoms with Gasteiger partial charge in [0.2, 0.25) is 5.91 Å². The second-order valence-electron chi connectivity index (χ2n) is 6.39. The van der Waals surface area contributed by atoms with Gasteiger partial charge in [-0.05, 0) is 57.4 Å². The predicted molar refractivity (Wildman–Crippen MR) is 75.8 cm³/mol. The van der Waals surface area contributed by atoms with Gasteiger partial charge in [0.05, 0.1) is 12.6 Å². The minimum Gasteiger partial charge on any atom is -0.396 e. The van der Waals surface area contributed by atoms with E-state index in [1.807, 2.05) is 6.92 Å². The summed E-state index contributed by atoms with van der Waals surface area (Å²) in [6, 6.07) is 2.25. The van der Waals surface area contributed by atoms with E-state index in [-0.39, 0.29) is 12.5 Å². The molecule has 2 rings (SSSR count). The fourth-order valence-corrected chi connectivity index (χ4v) is 3.13. The van der Waals surface area contributed by atoms with E-state index in [1.165, 1.54) is 0 Å². The smallest absolute Gasteiger partial charge is 0.235 e. The Morgan fingerprint density at radius 1 is 1.50 bits per heavy atom. The Labute approximate surface area is 120 Å². The summed E-state index contributed by atoms with van der Waals surface area (Å²) in [6.45, 7) is 4.22. The van der Waals surface area contributed by atoms with Crippen molar-refractivity contribution < 1.29 is 9.90 Å². The average molecular weight is 279 g/mol. The van der Waals surface area contributed by atoms with Gasteiger partial charge in [-0.1, -0.05) is 0 Å². The van der Waals surface area contributed by atoms with Crippen LogP contribution in [0.4, 0.5) is 0 Å². The quantitative estimate of drug-likeness (QED) is 0.757. The molecule has 1 saturated carbocycles. The summed E-state index contributed by atoms with van der Waals surface area (Å²) in [5.41, 5.74) is -0.697. The van der Waals surface area contributed by atoms with Crippen LogP contribution in [0.5, 0.6) is 0 Å². The van der Waals surface area contributed by atoms with Crippen LogP contribution in [0.25, 0.3) is 0 Å². The van der Waals surface area contributed by atoms with Crippen molar-refractivity contribution in [3.8, 4) is 6.07 Å². The molecule has 0 aromatic carbocycles. The molecule has 1 heterocycles. The molecule has 2 atom stereocenters. The number of aliphatic hydroxyl groups excluding tert-OH is 1. The van der Waals surface area contributed by atoms with Crippen molar-refractivity contribution in [2.24, 2.45) is 11.8 Å². The lowest BCUT2D eigenvalue weighted by atomic mass is 9.95. The van der Waals surface area contributed by atoms with Crippen LogP contribution in [0, 0.1) is 23.2 Å². The molecule has 2 aliphatic rings. The highest BCUT2D eigenvalue weighted by molar-refractivity contribution is 5.79. The molecule has 2 N–H and O–H groups in total. The number of amides is 1. The lowest BCUT2D eigenvalue weighted by molar-refractivity contribution is -0.124. The third kappa shape index (κ3) is 3.94. The second-order valence-corrected chi connectivity index (χ2v) is 6.39. The number of rotatable bonds is 6. The fourth-order valence-electron chi connectivity index (χ4n) is 3.13. The van der Waals surface area contributed by atoms with Crippen molar-refractivity contribution in [3.63, 3.8) is 0 Å². The first-order chi connectivity index (χ1) is 9.57. The van der Waals surface area contributed by atoms with Gasteiger partial charge in [-0.25, -0.2) is 0 Å². The summed E-state index contributed by atoms with van der Waals surface area (Å²) in [5, 5.41) is 21.2. The zero-order valence-corrected chi connectivity index (χ0v) is 12.3. The zero-order valence-electron chi connectivity index (χ0n) is 12.3. The topological polar surface area (TPSA) is 76.4 Å². The highest BCUT2D eigenvalue weighted by Crippen LogP contribution is 2.39. The van der Waals surface area contributed by atoms with E-state index in [1.54, 1.807) is 0 Å². The summed E-state index contributed by atoms with van der Waals surface area (Å²) in [6.07, 6.45) is 5.10. The van der Waals surface area contributed by atoms with Crippen molar-refractivity contribution in [2.75, 3.05) is 26.2 Å². The summed E-state index contributed by atoms with van der Waals surface area (Å²) < 4.78 is 0. The molecule has 0 bridgehead atoms. The zero-order chi connectivity index (χ0) is 14.6. The molecular formula is C15H25N3O2. The number of carbonyl (C=O) groups is 1. The minimum atomic E-state index is -0.697. The van der Waals surface area contributed by atoms with Crippen LogP contribution < -0.4 is 5.32 Å². The molecule has 1 amide bonds. The van der Waals surface area contributed by atoms with Gasteiger partial charge in [-0.15, -0.1) is 0 Å². The van der Waals surface area contributed by atoms with E-state index in [0.29, 0.717) is 18.4 Å². The Bertz CT molecular complexity index is 387. The number of nitriles is 1. The van der Waals surface area contributed by atoms with Gasteiger partial charge < -0.3 is 10.4 Å². The van der Waals surface area contributed by atoms with E-state index in [4.69, 9.17) is 5.11 Å². The maximum Gasteiger partial charge on any atom is 0.235 e. The van der Waals surface area contributed by atoms with E-state index in [9.17, 15) is 10.1 Å². The largest absolute Gasteiger partial charge is 0.396 e. The average Bonchev–Trinajstić information content (AvgIpc) is 3.24. The van der Waals surface area contributed by atoms with Crippen molar-refractivity contribution in [2.45, 2.75) is 44.6 Å². The first kappa shape index (κ1) is 15.3. The van der Waals surface area contributed by atoms with E-state index in [0.717, 1.165) is 45.2 Å². The number of hydrogen-bond acceptors (Lipinski definition) is 4. The van der Waals surface area contributed by atoms with Crippen LogP contribution in [0.3, 0.4) is 0 Å². The SMILES string of the molecule is CC(C#N)(NC(=O)CN1CCCC(CCO)C1)C1CC1. The van der Waals surface area contributed by atoms with Gasteiger partial charge >= 0.3 is 0 Å². The lowest BCUT2D eigenvalue weighted by Gasteiger charge is -2.33. The summed E-state index contributed by atoms with van der Waals surface area (Å²) in [4.78, 5) is 14.3. The molecule has 2 fully saturated rings. The van der Waals surface area contributed by atoms with Crippen LogP contribution >= 0.6 is 0 Å². The molecule has 0 spiro atoms. The van der Waals surface area contributed by atoms with E-state index in [2.05, 4.69) is 16.3 Å². The molecule has 5 heteroatoms. The molecule has 20 heavy (non-hydrogen) atoms. The molecule has 0 radical (unpaired) electrons. The summed E-state index contributed by atoms with van der Waals surface area (Å²) in [5.74, 6) is 0.762. The monoisotopic (exact) mass is 279 g/mol. The van der Waals surface area contributed by atoms with Gasteiger partial charge in [0.25, 0.3) is 0 Å². The maximum atomic E-state index is 12.1. The van der Waals surface area contributed by atoms with Crippen molar-refractivity contribution in [3.05, 3.63) is 0 Å². The van der Waals surface area contributed by atoms with Crippen molar-refractivity contribution in [1.82, 2.24) is 10.2 Å². The molecule has 5 nitrogen and oxygen atoms in total. The molecule has 112 valence electrons. The van der Waals surface area contributed by atoms with Crippen LogP contribution in [-0.2, 0) is 4.79 Å². The first-order valence-corrected chi connectivity index (χ1v) is 7.63. The summed E-state index contributed by atoms with van der Waals surface area (Å²) >= 11 is 0. The van der Waals surface area contributed by atoms with Gasteiger partial charge in [0, 0.05) is 13.2 Å². The van der Waals surface area contributed by atoms with Gasteiger partial charge in [0.1, 0.15) is 5.54 Å². The number of nitrogens with one attached hydrogen (secondary N) is 1. The van der Waals surface area contributed by atoms with Crippen LogP contribution in [0.1, 0.15) is 39.0 Å². The molecule has 0 aromatic rings. The van der Waals surface area contributed by atoms with Crippen molar-refractivity contribution >= 4 is 5.91 Å². The number of nitrogens with zero attached hydrogens (tertiary/aromatic N) is 2. The minimum absolute atomic E-state index is 0.0504. The molecule has 2 unspecified atom stereocenters. The molecule has 1 saturated heterocycles. The van der Waals surface area contributed by atoms with E-state index >= 15 is 0 Å². The van der Waals surface area contributed by atoms with Crippen LogP contribution in [-0.4, -0.2) is 47.7 Å². The fraction of sp³-hybridized carbons (Fsp3) is 0.867. The number of carbonyl (C=O) groups excluding carboxylic acids is 1. The number of aliphatic hydroxyl groups is 1. The normalized spacial score (nSPS) is 26.6. The number of piperidine rings is 1. The highest BCUT2D eigenvalue weighted by Gasteiger charge is 2.43. The third-order valence-corrected chi connectivity index (χ3v) is 4.53. The van der Waals surface area contributed by atoms with Crippen LogP contribution in [0.15, 0.2) is 0 Å². The predicted octanol–water partition coefficient (Wildman–Crippen LogP) is 0.889. The third-order valence-electron chi connectivity index (χ3n) is 4.53. The Balaban J connectivity index is 1.80. The highest BCUT2D eigenvalue weighted by atomic mass is 16.3. The molecular weight excluding hydrogens is 254 g/mol. The van der Waals surface area contributed by atoms with Gasteiger partial charge in [-0.3, -0.25) is 9.69 Å². The number of likely N-dealkylation sites (tertiary alicyclic amines) is 1.